The summed E-state index contributed by atoms with van der Waals surface area (Å²) >= 11 is 0. The molecule has 0 aliphatic carbocycles. The summed E-state index contributed by atoms with van der Waals surface area (Å²) in [6.45, 7) is 10.3. The molecule has 0 radical (unpaired) electrons. The van der Waals surface area contributed by atoms with Crippen LogP contribution in [0.3, 0.4) is 0 Å². The van der Waals surface area contributed by atoms with Crippen molar-refractivity contribution in [3.8, 4) is 5.75 Å². The molecule has 1 aromatic rings. The summed E-state index contributed by atoms with van der Waals surface area (Å²) in [7, 11) is 2.14. The van der Waals surface area contributed by atoms with Crippen LogP contribution in [-0.2, 0) is 20.8 Å². The molecule has 3 rings (SSSR count). The van der Waals surface area contributed by atoms with Crippen LogP contribution >= 0.6 is 0 Å². The van der Waals surface area contributed by atoms with Crippen LogP contribution in [0.2, 0.25) is 0 Å². The number of amides is 2. The quantitative estimate of drug-likeness (QED) is 0.621. The minimum absolute atomic E-state index is 0.0354. The number of nitrogens with zero attached hydrogens (tertiary/aromatic N) is 2. The van der Waals surface area contributed by atoms with Crippen molar-refractivity contribution < 1.29 is 23.8 Å². The van der Waals surface area contributed by atoms with E-state index in [1.165, 1.54) is 0 Å². The SMILES string of the molecule is CN(CCOc1cccc(CNC(=O)C2CCN(C(=O)OC(C)(C)C)CC2)c1)C1CCOCC1. The minimum Gasteiger partial charge on any atom is -0.492 e. The van der Waals surface area contributed by atoms with Crippen LogP contribution in [0.4, 0.5) is 4.79 Å². The van der Waals surface area contributed by atoms with Gasteiger partial charge in [-0.15, -0.1) is 0 Å². The molecule has 2 saturated heterocycles. The number of likely N-dealkylation sites (N-methyl/N-ethyl adjacent to an activating group) is 1. The van der Waals surface area contributed by atoms with E-state index < -0.39 is 5.60 Å². The van der Waals surface area contributed by atoms with Gasteiger partial charge in [0.05, 0.1) is 0 Å². The number of nitrogens with one attached hydrogen (secondary N) is 1. The van der Waals surface area contributed by atoms with E-state index >= 15 is 0 Å². The van der Waals surface area contributed by atoms with Gasteiger partial charge >= 0.3 is 6.09 Å². The Morgan fingerprint density at radius 2 is 1.85 bits per heavy atom. The molecule has 8 heteroatoms. The van der Waals surface area contributed by atoms with E-state index in [-0.39, 0.29) is 17.9 Å². The Balaban J connectivity index is 1.37. The van der Waals surface area contributed by atoms with E-state index in [2.05, 4.69) is 17.3 Å². The smallest absolute Gasteiger partial charge is 0.410 e. The van der Waals surface area contributed by atoms with Crippen LogP contribution in [-0.4, -0.2) is 79.9 Å². The molecule has 8 nitrogen and oxygen atoms in total. The predicted molar refractivity (Wildman–Crippen MR) is 131 cm³/mol. The lowest BCUT2D eigenvalue weighted by molar-refractivity contribution is -0.126. The first-order valence-electron chi connectivity index (χ1n) is 12.5. The molecule has 2 aliphatic rings. The largest absolute Gasteiger partial charge is 0.492 e. The van der Waals surface area contributed by atoms with Crippen LogP contribution in [0.25, 0.3) is 0 Å². The number of piperidine rings is 1. The zero-order chi connectivity index (χ0) is 24.6. The topological polar surface area (TPSA) is 80.3 Å². The highest BCUT2D eigenvalue weighted by atomic mass is 16.6. The summed E-state index contributed by atoms with van der Waals surface area (Å²) in [6, 6.07) is 8.45. The Morgan fingerprint density at radius 3 is 2.53 bits per heavy atom. The molecule has 2 fully saturated rings. The van der Waals surface area contributed by atoms with Crippen molar-refractivity contribution in [2.75, 3.05) is 46.5 Å². The first-order valence-corrected chi connectivity index (χ1v) is 12.5. The zero-order valence-electron chi connectivity index (χ0n) is 21.2. The van der Waals surface area contributed by atoms with Gasteiger partial charge in [-0.05, 0) is 71.2 Å². The van der Waals surface area contributed by atoms with E-state index in [1.54, 1.807) is 4.90 Å². The van der Waals surface area contributed by atoms with Gasteiger partial charge in [-0.25, -0.2) is 4.79 Å². The van der Waals surface area contributed by atoms with Crippen molar-refractivity contribution in [1.29, 1.82) is 0 Å². The highest BCUT2D eigenvalue weighted by Gasteiger charge is 2.29. The van der Waals surface area contributed by atoms with E-state index in [0.29, 0.717) is 45.1 Å². The molecule has 1 N–H and O–H groups in total. The summed E-state index contributed by atoms with van der Waals surface area (Å²) in [4.78, 5) is 28.9. The number of benzene rings is 1. The van der Waals surface area contributed by atoms with Crippen LogP contribution < -0.4 is 10.1 Å². The zero-order valence-corrected chi connectivity index (χ0v) is 21.2. The lowest BCUT2D eigenvalue weighted by Crippen LogP contribution is -2.44. The number of ether oxygens (including phenoxy) is 3. The first kappa shape index (κ1) is 26.3. The lowest BCUT2D eigenvalue weighted by Gasteiger charge is -2.32. The fourth-order valence-corrected chi connectivity index (χ4v) is 4.35. The summed E-state index contributed by atoms with van der Waals surface area (Å²) < 4.78 is 16.8. The Morgan fingerprint density at radius 1 is 1.15 bits per heavy atom. The molecular weight excluding hydrogens is 434 g/mol. The Hall–Kier alpha value is -2.32. The van der Waals surface area contributed by atoms with Gasteiger partial charge in [-0.2, -0.15) is 0 Å². The van der Waals surface area contributed by atoms with Crippen molar-refractivity contribution in [1.82, 2.24) is 15.1 Å². The molecule has 0 saturated carbocycles. The standard InChI is InChI=1S/C26H41N3O5/c1-26(2,3)34-25(31)29-12-8-21(9-13-29)24(30)27-19-20-6-5-7-23(18-20)33-17-14-28(4)22-10-15-32-16-11-22/h5-7,18,21-22H,8-17,19H2,1-4H3,(H,27,30). The van der Waals surface area contributed by atoms with Crippen molar-refractivity contribution in [3.05, 3.63) is 29.8 Å². The third kappa shape index (κ3) is 8.47. The minimum atomic E-state index is -0.510. The average Bonchev–Trinajstić information content (AvgIpc) is 2.82. The molecule has 0 aromatic heterocycles. The first-order chi connectivity index (χ1) is 16.2. The molecule has 190 valence electrons. The second-order valence-corrected chi connectivity index (χ2v) is 10.3. The molecule has 2 aliphatic heterocycles. The normalized spacial score (nSPS) is 18.1. The number of carbonyl (C=O) groups is 2. The van der Waals surface area contributed by atoms with Gasteiger partial charge in [-0.3, -0.25) is 9.69 Å². The summed E-state index contributed by atoms with van der Waals surface area (Å²) in [5.74, 6) is 0.768. The summed E-state index contributed by atoms with van der Waals surface area (Å²) in [5, 5.41) is 3.05. The van der Waals surface area contributed by atoms with Gasteiger partial charge in [0.1, 0.15) is 18.0 Å². The van der Waals surface area contributed by atoms with Crippen molar-refractivity contribution in [3.63, 3.8) is 0 Å². The van der Waals surface area contributed by atoms with Gasteiger partial charge in [0.15, 0.2) is 0 Å². The van der Waals surface area contributed by atoms with E-state index in [4.69, 9.17) is 14.2 Å². The van der Waals surface area contributed by atoms with Gasteiger partial charge in [0.25, 0.3) is 0 Å². The van der Waals surface area contributed by atoms with Crippen LogP contribution in [0, 0.1) is 5.92 Å². The fraction of sp³-hybridized carbons (Fsp3) is 0.692. The molecule has 34 heavy (non-hydrogen) atoms. The monoisotopic (exact) mass is 475 g/mol. The Kier molecular flexibility index (Phi) is 9.59. The molecular formula is C26H41N3O5. The molecule has 1 aromatic carbocycles. The highest BCUT2D eigenvalue weighted by Crippen LogP contribution is 2.20. The average molecular weight is 476 g/mol. The number of rotatable bonds is 8. The maximum Gasteiger partial charge on any atom is 0.410 e. The maximum absolute atomic E-state index is 12.7. The van der Waals surface area contributed by atoms with E-state index in [1.807, 2.05) is 45.0 Å². The molecule has 0 bridgehead atoms. The van der Waals surface area contributed by atoms with Crippen molar-refractivity contribution in [2.24, 2.45) is 5.92 Å². The number of hydrogen-bond donors (Lipinski definition) is 1. The van der Waals surface area contributed by atoms with Crippen LogP contribution in [0.15, 0.2) is 24.3 Å². The second kappa shape index (κ2) is 12.4. The number of carbonyl (C=O) groups excluding carboxylic acids is 2. The van der Waals surface area contributed by atoms with E-state index in [9.17, 15) is 9.59 Å². The number of hydrogen-bond acceptors (Lipinski definition) is 6. The molecule has 0 atom stereocenters. The predicted octanol–water partition coefficient (Wildman–Crippen LogP) is 3.44. The lowest BCUT2D eigenvalue weighted by atomic mass is 9.96. The third-order valence-electron chi connectivity index (χ3n) is 6.41. The van der Waals surface area contributed by atoms with Crippen LogP contribution in [0.1, 0.15) is 52.0 Å². The van der Waals surface area contributed by atoms with Gasteiger partial charge in [0, 0.05) is 51.4 Å². The summed E-state index contributed by atoms with van der Waals surface area (Å²) in [6.07, 6.45) is 3.14. The van der Waals surface area contributed by atoms with Gasteiger partial charge < -0.3 is 24.4 Å². The molecule has 2 amide bonds. The van der Waals surface area contributed by atoms with Crippen LogP contribution in [0.5, 0.6) is 5.75 Å². The van der Waals surface area contributed by atoms with Crippen molar-refractivity contribution >= 4 is 12.0 Å². The fourth-order valence-electron chi connectivity index (χ4n) is 4.35. The van der Waals surface area contributed by atoms with Crippen molar-refractivity contribution in [2.45, 2.75) is 64.6 Å². The molecule has 2 heterocycles. The second-order valence-electron chi connectivity index (χ2n) is 10.3. The third-order valence-corrected chi connectivity index (χ3v) is 6.41. The number of likely N-dealkylation sites (tertiary alicyclic amines) is 1. The van der Waals surface area contributed by atoms with Gasteiger partial charge in [-0.1, -0.05) is 12.1 Å². The molecule has 0 spiro atoms. The molecule has 0 unspecified atom stereocenters. The Labute approximate surface area is 203 Å². The summed E-state index contributed by atoms with van der Waals surface area (Å²) in [5.41, 5.74) is 0.499. The highest BCUT2D eigenvalue weighted by molar-refractivity contribution is 5.79. The maximum atomic E-state index is 12.7. The van der Waals surface area contributed by atoms with Gasteiger partial charge in [0.2, 0.25) is 5.91 Å². The van der Waals surface area contributed by atoms with E-state index in [0.717, 1.165) is 43.9 Å². The Bertz CT molecular complexity index is 796.